The van der Waals surface area contributed by atoms with Gasteiger partial charge in [-0.25, -0.2) is 9.18 Å². The van der Waals surface area contributed by atoms with Crippen LogP contribution in [0, 0.1) is 27.8 Å². The van der Waals surface area contributed by atoms with E-state index in [1.807, 2.05) is 0 Å². The summed E-state index contributed by atoms with van der Waals surface area (Å²) in [5.74, 6) is -1.39. The van der Waals surface area contributed by atoms with Crippen molar-refractivity contribution < 1.29 is 19.2 Å². The molecule has 0 spiro atoms. The SMILES string of the molecule is O=C(O)C1C2CCCC2CN1c1cc(F)ccc1[N+](=O)[O-]. The number of nitro groups is 1. The molecule has 6 nitrogen and oxygen atoms in total. The average molecular weight is 294 g/mol. The van der Waals surface area contributed by atoms with Gasteiger partial charge in [0.2, 0.25) is 0 Å². The van der Waals surface area contributed by atoms with Crippen molar-refractivity contribution in [3.8, 4) is 0 Å². The molecule has 1 aliphatic carbocycles. The van der Waals surface area contributed by atoms with Crippen molar-refractivity contribution in [1.29, 1.82) is 0 Å². The van der Waals surface area contributed by atoms with E-state index in [-0.39, 0.29) is 23.2 Å². The van der Waals surface area contributed by atoms with Gasteiger partial charge in [0.1, 0.15) is 17.5 Å². The second-order valence-electron chi connectivity index (χ2n) is 5.68. The summed E-state index contributed by atoms with van der Waals surface area (Å²) in [5, 5.41) is 20.6. The minimum Gasteiger partial charge on any atom is -0.480 e. The fraction of sp³-hybridized carbons (Fsp3) is 0.500. The summed E-state index contributed by atoms with van der Waals surface area (Å²) in [6.07, 6.45) is 2.72. The van der Waals surface area contributed by atoms with Crippen LogP contribution >= 0.6 is 0 Å². The molecule has 1 aromatic rings. The van der Waals surface area contributed by atoms with Gasteiger partial charge in [-0.3, -0.25) is 10.1 Å². The molecule has 2 fully saturated rings. The first-order valence-electron chi connectivity index (χ1n) is 6.92. The summed E-state index contributed by atoms with van der Waals surface area (Å²) in [5.41, 5.74) is -0.176. The second kappa shape index (κ2) is 4.98. The number of hydrogen-bond acceptors (Lipinski definition) is 4. The number of hydrogen-bond donors (Lipinski definition) is 1. The molecule has 1 aromatic carbocycles. The Hall–Kier alpha value is -2.18. The fourth-order valence-corrected chi connectivity index (χ4v) is 3.75. The molecule has 0 amide bonds. The molecule has 1 saturated heterocycles. The van der Waals surface area contributed by atoms with Crippen LogP contribution in [0.3, 0.4) is 0 Å². The molecule has 0 bridgehead atoms. The van der Waals surface area contributed by atoms with E-state index in [1.165, 1.54) is 4.90 Å². The molecule has 3 rings (SSSR count). The maximum atomic E-state index is 13.5. The first-order valence-corrected chi connectivity index (χ1v) is 6.92. The molecule has 0 aromatic heterocycles. The highest BCUT2D eigenvalue weighted by Crippen LogP contribution is 2.45. The van der Waals surface area contributed by atoms with Crippen LogP contribution in [0.2, 0.25) is 0 Å². The maximum absolute atomic E-state index is 13.5. The highest BCUT2D eigenvalue weighted by molar-refractivity contribution is 5.81. The van der Waals surface area contributed by atoms with Crippen molar-refractivity contribution in [2.24, 2.45) is 11.8 Å². The zero-order chi connectivity index (χ0) is 15.1. The molecule has 1 aliphatic heterocycles. The van der Waals surface area contributed by atoms with E-state index in [0.717, 1.165) is 37.5 Å². The molecule has 2 aliphatic rings. The average Bonchev–Trinajstić information content (AvgIpc) is 2.96. The molecule has 1 N–H and O–H groups in total. The number of halogens is 1. The Morgan fingerprint density at radius 2 is 2.19 bits per heavy atom. The topological polar surface area (TPSA) is 83.7 Å². The van der Waals surface area contributed by atoms with Crippen LogP contribution in [0.1, 0.15) is 19.3 Å². The lowest BCUT2D eigenvalue weighted by Gasteiger charge is -2.26. The summed E-state index contributed by atoms with van der Waals surface area (Å²) in [6.45, 7) is 0.436. The van der Waals surface area contributed by atoms with Crippen LogP contribution < -0.4 is 4.90 Å². The molecule has 0 radical (unpaired) electrons. The largest absolute Gasteiger partial charge is 0.480 e. The van der Waals surface area contributed by atoms with Gasteiger partial charge in [0.15, 0.2) is 0 Å². The minimum atomic E-state index is -0.997. The Morgan fingerprint density at radius 3 is 2.86 bits per heavy atom. The van der Waals surface area contributed by atoms with Crippen molar-refractivity contribution in [1.82, 2.24) is 0 Å². The van der Waals surface area contributed by atoms with Crippen LogP contribution in [0.5, 0.6) is 0 Å². The standard InChI is InChI=1S/C14H15FN2O4/c15-9-4-5-11(17(20)21)12(6-9)16-7-8-2-1-3-10(8)13(16)14(18)19/h4-6,8,10,13H,1-3,7H2,(H,18,19). The lowest BCUT2D eigenvalue weighted by Crippen LogP contribution is -2.40. The number of fused-ring (bicyclic) bond motifs is 1. The van der Waals surface area contributed by atoms with E-state index >= 15 is 0 Å². The number of nitro benzene ring substituents is 1. The van der Waals surface area contributed by atoms with Crippen molar-refractivity contribution in [2.75, 3.05) is 11.4 Å². The number of carbonyl (C=O) groups is 1. The third-order valence-electron chi connectivity index (χ3n) is 4.59. The third kappa shape index (κ3) is 2.22. The van der Waals surface area contributed by atoms with Crippen LogP contribution in [-0.4, -0.2) is 28.6 Å². The normalized spacial score (nSPS) is 27.7. The smallest absolute Gasteiger partial charge is 0.326 e. The first kappa shape index (κ1) is 13.8. The molecule has 3 atom stereocenters. The van der Waals surface area contributed by atoms with Crippen LogP contribution in [-0.2, 0) is 4.79 Å². The number of aliphatic carboxylic acids is 1. The Kier molecular flexibility index (Phi) is 3.27. The Morgan fingerprint density at radius 1 is 1.43 bits per heavy atom. The van der Waals surface area contributed by atoms with Gasteiger partial charge >= 0.3 is 5.97 Å². The number of benzene rings is 1. The fourth-order valence-electron chi connectivity index (χ4n) is 3.75. The van der Waals surface area contributed by atoms with E-state index in [2.05, 4.69) is 0 Å². The van der Waals surface area contributed by atoms with E-state index in [0.29, 0.717) is 6.54 Å². The molecular formula is C14H15FN2O4. The van der Waals surface area contributed by atoms with Gasteiger partial charge < -0.3 is 10.0 Å². The van der Waals surface area contributed by atoms with Gasteiger partial charge in [0.05, 0.1) is 4.92 Å². The lowest BCUT2D eigenvalue weighted by molar-refractivity contribution is -0.384. The maximum Gasteiger partial charge on any atom is 0.326 e. The summed E-state index contributed by atoms with van der Waals surface area (Å²) < 4.78 is 13.5. The van der Waals surface area contributed by atoms with Gasteiger partial charge in [-0.2, -0.15) is 0 Å². The Balaban J connectivity index is 2.05. The number of anilines is 1. The number of nitrogens with zero attached hydrogens (tertiary/aromatic N) is 2. The predicted octanol–water partition coefficient (Wildman–Crippen LogP) is 2.42. The van der Waals surface area contributed by atoms with E-state index in [1.54, 1.807) is 0 Å². The Labute approximate surface area is 120 Å². The number of carboxylic acids is 1. The monoisotopic (exact) mass is 294 g/mol. The van der Waals surface area contributed by atoms with Crippen LogP contribution in [0.15, 0.2) is 18.2 Å². The zero-order valence-electron chi connectivity index (χ0n) is 11.2. The Bertz CT molecular complexity index is 607. The summed E-state index contributed by atoms with van der Waals surface area (Å²) >= 11 is 0. The van der Waals surface area contributed by atoms with Crippen molar-refractivity contribution in [3.05, 3.63) is 34.1 Å². The zero-order valence-corrected chi connectivity index (χ0v) is 11.2. The number of carboxylic acid groups (broad SMARTS) is 1. The third-order valence-corrected chi connectivity index (χ3v) is 4.59. The molecule has 21 heavy (non-hydrogen) atoms. The second-order valence-corrected chi connectivity index (χ2v) is 5.68. The van der Waals surface area contributed by atoms with Gasteiger partial charge in [-0.1, -0.05) is 6.42 Å². The van der Waals surface area contributed by atoms with E-state index < -0.39 is 22.8 Å². The molecular weight excluding hydrogens is 279 g/mol. The first-order chi connectivity index (χ1) is 9.99. The summed E-state index contributed by atoms with van der Waals surface area (Å²) in [6, 6.07) is 2.37. The summed E-state index contributed by atoms with van der Waals surface area (Å²) in [7, 11) is 0. The number of rotatable bonds is 3. The van der Waals surface area contributed by atoms with Gasteiger partial charge in [-0.15, -0.1) is 0 Å². The van der Waals surface area contributed by atoms with E-state index in [9.17, 15) is 24.4 Å². The van der Waals surface area contributed by atoms with Crippen LogP contribution in [0.4, 0.5) is 15.8 Å². The molecule has 3 unspecified atom stereocenters. The molecule has 1 heterocycles. The lowest BCUT2D eigenvalue weighted by atomic mass is 9.94. The van der Waals surface area contributed by atoms with Crippen LogP contribution in [0.25, 0.3) is 0 Å². The van der Waals surface area contributed by atoms with Crippen molar-refractivity contribution in [2.45, 2.75) is 25.3 Å². The van der Waals surface area contributed by atoms with Gasteiger partial charge in [-0.05, 0) is 30.7 Å². The molecule has 1 saturated carbocycles. The quantitative estimate of drug-likeness (QED) is 0.683. The summed E-state index contributed by atoms with van der Waals surface area (Å²) in [4.78, 5) is 23.6. The van der Waals surface area contributed by atoms with Crippen molar-refractivity contribution >= 4 is 17.3 Å². The van der Waals surface area contributed by atoms with E-state index in [4.69, 9.17) is 0 Å². The minimum absolute atomic E-state index is 0.00892. The molecule has 7 heteroatoms. The highest BCUT2D eigenvalue weighted by atomic mass is 19.1. The van der Waals surface area contributed by atoms with Gasteiger partial charge in [0, 0.05) is 18.7 Å². The van der Waals surface area contributed by atoms with Crippen molar-refractivity contribution in [3.63, 3.8) is 0 Å². The molecule has 112 valence electrons. The highest BCUT2D eigenvalue weighted by Gasteiger charge is 2.49. The predicted molar refractivity (Wildman–Crippen MR) is 72.7 cm³/mol. The van der Waals surface area contributed by atoms with Gasteiger partial charge in [0.25, 0.3) is 5.69 Å².